The van der Waals surface area contributed by atoms with Crippen molar-refractivity contribution in [3.8, 4) is 5.75 Å². The molecule has 1 saturated carbocycles. The molecular formula is C22H30NO10P. The second-order valence-corrected chi connectivity index (χ2v) is 9.91. The van der Waals surface area contributed by atoms with Crippen LogP contribution < -0.4 is 9.61 Å². The molecule has 1 aliphatic heterocycles. The first kappa shape index (κ1) is 26.2. The molecule has 4 unspecified atom stereocenters. The lowest BCUT2D eigenvalue weighted by molar-refractivity contribution is -0.163. The predicted octanol–water partition coefficient (Wildman–Crippen LogP) is 2.38. The second-order valence-electron chi connectivity index (χ2n) is 8.22. The maximum atomic E-state index is 13.6. The molecule has 1 aliphatic carbocycles. The van der Waals surface area contributed by atoms with Gasteiger partial charge in [-0.15, -0.1) is 0 Å². The molecular weight excluding hydrogens is 469 g/mol. The van der Waals surface area contributed by atoms with Gasteiger partial charge in [0.15, 0.2) is 12.2 Å². The van der Waals surface area contributed by atoms with E-state index in [1.54, 1.807) is 30.3 Å². The van der Waals surface area contributed by atoms with E-state index in [4.69, 9.17) is 28.0 Å². The first-order chi connectivity index (χ1) is 16.1. The monoisotopic (exact) mass is 499 g/mol. The predicted molar refractivity (Wildman–Crippen MR) is 118 cm³/mol. The summed E-state index contributed by atoms with van der Waals surface area (Å²) in [7, 11) is -4.12. The molecule has 0 aromatic heterocycles. The van der Waals surface area contributed by atoms with Crippen LogP contribution in [0.25, 0.3) is 0 Å². The van der Waals surface area contributed by atoms with Gasteiger partial charge in [-0.25, -0.2) is 4.57 Å². The van der Waals surface area contributed by atoms with Crippen molar-refractivity contribution >= 4 is 25.7 Å². The summed E-state index contributed by atoms with van der Waals surface area (Å²) in [5.74, 6) is -1.13. The van der Waals surface area contributed by atoms with E-state index in [0.717, 1.165) is 12.8 Å². The molecule has 0 bridgehead atoms. The van der Waals surface area contributed by atoms with Crippen molar-refractivity contribution < 1.29 is 46.9 Å². The van der Waals surface area contributed by atoms with Crippen LogP contribution in [0.5, 0.6) is 5.75 Å². The molecule has 1 heterocycles. The minimum Gasteiger partial charge on any atom is -0.464 e. The highest BCUT2D eigenvalue weighted by molar-refractivity contribution is 7.52. The van der Waals surface area contributed by atoms with Crippen molar-refractivity contribution in [2.75, 3.05) is 19.8 Å². The third kappa shape index (κ3) is 8.09. The van der Waals surface area contributed by atoms with Gasteiger partial charge in [0, 0.05) is 13.8 Å². The molecule has 0 spiro atoms. The molecule has 2 aliphatic rings. The van der Waals surface area contributed by atoms with Gasteiger partial charge in [-0.3, -0.25) is 18.9 Å². The van der Waals surface area contributed by atoms with Gasteiger partial charge >= 0.3 is 25.7 Å². The van der Waals surface area contributed by atoms with E-state index in [1.165, 1.54) is 20.8 Å². The number of hydrogen-bond donors (Lipinski definition) is 1. The molecule has 5 atom stereocenters. The SMILES string of the molecule is CC(=O)OC1COC(COP(=O)(N[C@@H](C)C(=O)OCC2CC2)Oc2ccccc2)C1OC(C)=O. The Hall–Kier alpha value is -2.46. The standard InChI is InChI=1S/C22H30NO10P/c1-14(22(26)29-11-17-9-10-17)23-34(27,33-18-7-5-4-6-8-18)30-13-19-21(32-16(3)25)20(12-28-19)31-15(2)24/h4-8,14,17,19-21H,9-13H2,1-3H3,(H,23,27)/t14-,19?,20?,21?,34?/m0/s1. The first-order valence-corrected chi connectivity index (χ1v) is 12.6. The number of hydrogen-bond acceptors (Lipinski definition) is 10. The Morgan fingerprint density at radius 2 is 1.76 bits per heavy atom. The maximum absolute atomic E-state index is 13.6. The number of carbonyl (C=O) groups is 3. The van der Waals surface area contributed by atoms with E-state index < -0.39 is 50.0 Å². The van der Waals surface area contributed by atoms with E-state index in [2.05, 4.69) is 5.09 Å². The zero-order valence-electron chi connectivity index (χ0n) is 19.3. The zero-order valence-corrected chi connectivity index (χ0v) is 20.2. The molecule has 12 heteroatoms. The molecule has 1 aromatic carbocycles. The average Bonchev–Trinajstić information content (AvgIpc) is 3.53. The molecule has 11 nitrogen and oxygen atoms in total. The van der Waals surface area contributed by atoms with Crippen LogP contribution >= 0.6 is 7.75 Å². The van der Waals surface area contributed by atoms with Crippen LogP contribution in [0, 0.1) is 5.92 Å². The number of carbonyl (C=O) groups excluding carboxylic acids is 3. The lowest BCUT2D eigenvalue weighted by Gasteiger charge is -2.26. The minimum atomic E-state index is -4.12. The number of para-hydroxylation sites is 1. The van der Waals surface area contributed by atoms with Crippen molar-refractivity contribution in [3.63, 3.8) is 0 Å². The lowest BCUT2D eigenvalue weighted by Crippen LogP contribution is -2.40. The molecule has 3 rings (SSSR count). The van der Waals surface area contributed by atoms with Gasteiger partial charge in [0.2, 0.25) is 0 Å². The van der Waals surface area contributed by atoms with Crippen LogP contribution in [-0.4, -0.2) is 62.1 Å². The molecule has 188 valence electrons. The van der Waals surface area contributed by atoms with Gasteiger partial charge in [0.1, 0.15) is 17.9 Å². The van der Waals surface area contributed by atoms with Crippen molar-refractivity contribution in [1.29, 1.82) is 0 Å². The third-order valence-electron chi connectivity index (χ3n) is 5.07. The molecule has 34 heavy (non-hydrogen) atoms. The van der Waals surface area contributed by atoms with Crippen LogP contribution in [-0.2, 0) is 42.4 Å². The summed E-state index contributed by atoms with van der Waals surface area (Å²) in [6.07, 6.45) is -0.652. The molecule has 0 amide bonds. The lowest BCUT2D eigenvalue weighted by atomic mass is 10.1. The van der Waals surface area contributed by atoms with E-state index >= 15 is 0 Å². The van der Waals surface area contributed by atoms with Crippen LogP contribution in [0.1, 0.15) is 33.6 Å². The summed E-state index contributed by atoms with van der Waals surface area (Å²) in [5, 5.41) is 2.60. The topological polar surface area (TPSA) is 136 Å². The van der Waals surface area contributed by atoms with Crippen molar-refractivity contribution in [2.45, 2.75) is 58.0 Å². The first-order valence-electron chi connectivity index (χ1n) is 11.0. The van der Waals surface area contributed by atoms with Crippen LogP contribution in [0.3, 0.4) is 0 Å². The van der Waals surface area contributed by atoms with Gasteiger partial charge in [-0.2, -0.15) is 5.09 Å². The van der Waals surface area contributed by atoms with Crippen LogP contribution in [0.4, 0.5) is 0 Å². The quantitative estimate of drug-likeness (QED) is 0.258. The molecule has 1 aromatic rings. The van der Waals surface area contributed by atoms with Crippen molar-refractivity contribution in [2.24, 2.45) is 5.92 Å². The number of benzene rings is 1. The fourth-order valence-electron chi connectivity index (χ4n) is 3.23. The number of ether oxygens (including phenoxy) is 4. The summed E-state index contributed by atoms with van der Waals surface area (Å²) in [6.45, 7) is 3.87. The fraction of sp³-hybridized carbons (Fsp3) is 0.591. The number of esters is 3. The largest absolute Gasteiger partial charge is 0.464 e. The fourth-order valence-corrected chi connectivity index (χ4v) is 4.73. The summed E-state index contributed by atoms with van der Waals surface area (Å²) >= 11 is 0. The van der Waals surface area contributed by atoms with E-state index in [1.807, 2.05) is 0 Å². The summed E-state index contributed by atoms with van der Waals surface area (Å²) in [6, 6.07) is 7.31. The van der Waals surface area contributed by atoms with Gasteiger partial charge in [0.25, 0.3) is 0 Å². The van der Waals surface area contributed by atoms with E-state index in [-0.39, 0.29) is 19.0 Å². The van der Waals surface area contributed by atoms with Crippen molar-refractivity contribution in [1.82, 2.24) is 5.09 Å². The summed E-state index contributed by atoms with van der Waals surface area (Å²) in [5.41, 5.74) is 0. The minimum absolute atomic E-state index is 0.0350. The molecule has 0 radical (unpaired) electrons. The highest BCUT2D eigenvalue weighted by atomic mass is 31.2. The Balaban J connectivity index is 1.68. The Morgan fingerprint density at radius 3 is 2.38 bits per heavy atom. The van der Waals surface area contributed by atoms with Crippen molar-refractivity contribution in [3.05, 3.63) is 30.3 Å². The number of nitrogens with one attached hydrogen (secondary N) is 1. The Bertz CT molecular complexity index is 906. The Labute approximate surface area is 197 Å². The summed E-state index contributed by atoms with van der Waals surface area (Å²) in [4.78, 5) is 35.3. The van der Waals surface area contributed by atoms with E-state index in [9.17, 15) is 18.9 Å². The molecule has 2 fully saturated rings. The van der Waals surface area contributed by atoms with E-state index in [0.29, 0.717) is 12.5 Å². The van der Waals surface area contributed by atoms with Crippen LogP contribution in [0.15, 0.2) is 30.3 Å². The summed E-state index contributed by atoms with van der Waals surface area (Å²) < 4.78 is 46.0. The Kier molecular flexibility index (Phi) is 9.07. The van der Waals surface area contributed by atoms with Crippen LogP contribution in [0.2, 0.25) is 0 Å². The van der Waals surface area contributed by atoms with Gasteiger partial charge in [-0.1, -0.05) is 18.2 Å². The second kappa shape index (κ2) is 11.8. The smallest absolute Gasteiger partial charge is 0.459 e. The zero-order chi connectivity index (χ0) is 24.7. The normalized spacial score (nSPS) is 24.5. The third-order valence-corrected chi connectivity index (χ3v) is 6.71. The highest BCUT2D eigenvalue weighted by Gasteiger charge is 2.44. The van der Waals surface area contributed by atoms with Gasteiger partial charge in [0.05, 0.1) is 19.8 Å². The van der Waals surface area contributed by atoms with Gasteiger partial charge in [-0.05, 0) is 37.8 Å². The van der Waals surface area contributed by atoms with Gasteiger partial charge < -0.3 is 23.5 Å². The average molecular weight is 499 g/mol. The Morgan fingerprint density at radius 1 is 1.09 bits per heavy atom. The number of rotatable bonds is 12. The highest BCUT2D eigenvalue weighted by Crippen LogP contribution is 2.45. The maximum Gasteiger partial charge on any atom is 0.459 e. The molecule has 1 N–H and O–H groups in total. The molecule has 1 saturated heterocycles.